The van der Waals surface area contributed by atoms with E-state index in [9.17, 15) is 10.1 Å². The molecule has 1 rings (SSSR count). The lowest BCUT2D eigenvalue weighted by atomic mass is 9.92. The fourth-order valence-corrected chi connectivity index (χ4v) is 1.95. The van der Waals surface area contributed by atoms with Crippen molar-refractivity contribution in [2.75, 3.05) is 19.0 Å². The van der Waals surface area contributed by atoms with Crippen LogP contribution in [0.3, 0.4) is 0 Å². The number of rotatable bonds is 7. The van der Waals surface area contributed by atoms with Crippen molar-refractivity contribution in [3.8, 4) is 5.75 Å². The maximum atomic E-state index is 11.1. The highest BCUT2D eigenvalue weighted by atomic mass is 16.6. The van der Waals surface area contributed by atoms with Crippen molar-refractivity contribution in [1.82, 2.24) is 0 Å². The van der Waals surface area contributed by atoms with Crippen LogP contribution in [0.5, 0.6) is 5.75 Å². The predicted octanol–water partition coefficient (Wildman–Crippen LogP) is 2.53. The number of benzene rings is 1. The summed E-state index contributed by atoms with van der Waals surface area (Å²) in [5.74, 6) is 0.575. The predicted molar refractivity (Wildman–Crippen MR) is 75.6 cm³/mol. The summed E-state index contributed by atoms with van der Waals surface area (Å²) in [6, 6.07) is 4.65. The zero-order valence-electron chi connectivity index (χ0n) is 11.6. The van der Waals surface area contributed by atoms with E-state index in [-0.39, 0.29) is 11.2 Å². The third-order valence-electron chi connectivity index (χ3n) is 3.54. The van der Waals surface area contributed by atoms with Gasteiger partial charge in [0.25, 0.3) is 5.69 Å². The second-order valence-corrected chi connectivity index (χ2v) is 4.46. The van der Waals surface area contributed by atoms with Gasteiger partial charge in [-0.05, 0) is 18.9 Å². The first kappa shape index (κ1) is 15.2. The average Bonchev–Trinajstić information content (AvgIpc) is 2.44. The Balaban J connectivity index is 3.19. The van der Waals surface area contributed by atoms with Crippen LogP contribution >= 0.6 is 0 Å². The highest BCUT2D eigenvalue weighted by molar-refractivity contribution is 5.65. The quantitative estimate of drug-likeness (QED) is 0.585. The SMILES string of the molecule is CCC(CC)(CN)Nc1cc(OC)ccc1[N+](=O)[O-]. The number of hydrogen-bond acceptors (Lipinski definition) is 5. The summed E-state index contributed by atoms with van der Waals surface area (Å²) in [6.45, 7) is 4.43. The molecule has 0 heterocycles. The van der Waals surface area contributed by atoms with Crippen molar-refractivity contribution in [2.24, 2.45) is 5.73 Å². The molecule has 0 spiro atoms. The first-order valence-corrected chi connectivity index (χ1v) is 6.32. The van der Waals surface area contributed by atoms with E-state index < -0.39 is 4.92 Å². The molecule has 0 saturated carbocycles. The number of nitrogens with one attached hydrogen (secondary N) is 1. The van der Waals surface area contributed by atoms with Gasteiger partial charge in [-0.2, -0.15) is 0 Å². The van der Waals surface area contributed by atoms with E-state index >= 15 is 0 Å². The molecular formula is C13H21N3O3. The molecule has 106 valence electrons. The molecule has 0 amide bonds. The smallest absolute Gasteiger partial charge is 0.292 e. The van der Waals surface area contributed by atoms with Gasteiger partial charge in [-0.15, -0.1) is 0 Å². The molecule has 0 aromatic heterocycles. The molecule has 1 aromatic carbocycles. The van der Waals surface area contributed by atoms with Gasteiger partial charge in [0.15, 0.2) is 0 Å². The molecule has 0 aliphatic heterocycles. The van der Waals surface area contributed by atoms with Crippen LogP contribution in [0.1, 0.15) is 26.7 Å². The first-order chi connectivity index (χ1) is 9.01. The Hall–Kier alpha value is -1.82. The molecular weight excluding hydrogens is 246 g/mol. The van der Waals surface area contributed by atoms with Gasteiger partial charge in [0, 0.05) is 24.2 Å². The number of nitro benzene ring substituents is 1. The summed E-state index contributed by atoms with van der Waals surface area (Å²) in [4.78, 5) is 10.7. The summed E-state index contributed by atoms with van der Waals surface area (Å²) in [7, 11) is 1.53. The number of nitrogens with two attached hydrogens (primary N) is 1. The van der Waals surface area contributed by atoms with E-state index in [1.807, 2.05) is 13.8 Å². The second-order valence-electron chi connectivity index (χ2n) is 4.46. The van der Waals surface area contributed by atoms with Gasteiger partial charge < -0.3 is 15.8 Å². The van der Waals surface area contributed by atoms with E-state index in [1.165, 1.54) is 13.2 Å². The minimum absolute atomic E-state index is 0.0283. The largest absolute Gasteiger partial charge is 0.497 e. The van der Waals surface area contributed by atoms with Gasteiger partial charge in [-0.25, -0.2) is 0 Å². The lowest BCUT2D eigenvalue weighted by Crippen LogP contribution is -2.44. The fourth-order valence-electron chi connectivity index (χ4n) is 1.95. The van der Waals surface area contributed by atoms with Crippen molar-refractivity contribution in [3.05, 3.63) is 28.3 Å². The van der Waals surface area contributed by atoms with Gasteiger partial charge in [0.05, 0.1) is 12.0 Å². The van der Waals surface area contributed by atoms with E-state index in [0.717, 1.165) is 12.8 Å². The molecule has 0 radical (unpaired) electrons. The monoisotopic (exact) mass is 267 g/mol. The number of nitrogens with zero attached hydrogens (tertiary/aromatic N) is 1. The molecule has 0 atom stereocenters. The van der Waals surface area contributed by atoms with Crippen molar-refractivity contribution in [2.45, 2.75) is 32.2 Å². The van der Waals surface area contributed by atoms with Crippen LogP contribution in [0.2, 0.25) is 0 Å². The lowest BCUT2D eigenvalue weighted by molar-refractivity contribution is -0.384. The highest BCUT2D eigenvalue weighted by Crippen LogP contribution is 2.32. The summed E-state index contributed by atoms with van der Waals surface area (Å²) in [5.41, 5.74) is 5.94. The molecule has 6 nitrogen and oxygen atoms in total. The van der Waals surface area contributed by atoms with E-state index in [1.54, 1.807) is 12.1 Å². The molecule has 3 N–H and O–H groups in total. The Morgan fingerprint density at radius 3 is 2.47 bits per heavy atom. The lowest BCUT2D eigenvalue weighted by Gasteiger charge is -2.32. The molecule has 1 aromatic rings. The molecule has 0 aliphatic carbocycles. The van der Waals surface area contributed by atoms with Crippen LogP contribution in [0.25, 0.3) is 0 Å². The van der Waals surface area contributed by atoms with Gasteiger partial charge in [0.1, 0.15) is 11.4 Å². The highest BCUT2D eigenvalue weighted by Gasteiger charge is 2.27. The maximum Gasteiger partial charge on any atom is 0.292 e. The van der Waals surface area contributed by atoms with Gasteiger partial charge in [-0.1, -0.05) is 13.8 Å². The van der Waals surface area contributed by atoms with Crippen molar-refractivity contribution in [3.63, 3.8) is 0 Å². The standard InChI is InChI=1S/C13H21N3O3/c1-4-13(5-2,9-14)15-11-8-10(19-3)6-7-12(11)16(17)18/h6-8,15H,4-5,9,14H2,1-3H3. The van der Waals surface area contributed by atoms with Crippen LogP contribution in [0.4, 0.5) is 11.4 Å². The summed E-state index contributed by atoms with van der Waals surface area (Å²) < 4.78 is 5.11. The molecule has 0 fully saturated rings. The first-order valence-electron chi connectivity index (χ1n) is 6.32. The minimum Gasteiger partial charge on any atom is -0.497 e. The molecule has 0 aliphatic rings. The Kier molecular flexibility index (Phi) is 5.11. The van der Waals surface area contributed by atoms with Crippen LogP contribution in [-0.4, -0.2) is 24.1 Å². The molecule has 0 bridgehead atoms. The Bertz CT molecular complexity index is 436. The van der Waals surface area contributed by atoms with Crippen molar-refractivity contribution < 1.29 is 9.66 Å². The van der Waals surface area contributed by atoms with Gasteiger partial charge in [-0.3, -0.25) is 10.1 Å². The Labute approximate surface area is 113 Å². The van der Waals surface area contributed by atoms with Crippen LogP contribution in [0.15, 0.2) is 18.2 Å². The fraction of sp³-hybridized carbons (Fsp3) is 0.538. The summed E-state index contributed by atoms with van der Waals surface area (Å²) >= 11 is 0. The Morgan fingerprint density at radius 2 is 2.05 bits per heavy atom. The zero-order valence-corrected chi connectivity index (χ0v) is 11.6. The average molecular weight is 267 g/mol. The number of nitro groups is 1. The molecule has 6 heteroatoms. The third-order valence-corrected chi connectivity index (χ3v) is 3.54. The maximum absolute atomic E-state index is 11.1. The van der Waals surface area contributed by atoms with Crippen molar-refractivity contribution in [1.29, 1.82) is 0 Å². The summed E-state index contributed by atoms with van der Waals surface area (Å²) in [6.07, 6.45) is 1.57. The van der Waals surface area contributed by atoms with E-state index in [2.05, 4.69) is 5.32 Å². The van der Waals surface area contributed by atoms with E-state index in [4.69, 9.17) is 10.5 Å². The number of anilines is 1. The van der Waals surface area contributed by atoms with Crippen molar-refractivity contribution >= 4 is 11.4 Å². The number of ether oxygens (including phenoxy) is 1. The minimum atomic E-state index is -0.408. The van der Waals surface area contributed by atoms with Crippen LogP contribution in [0, 0.1) is 10.1 Å². The number of hydrogen-bond donors (Lipinski definition) is 2. The van der Waals surface area contributed by atoms with E-state index in [0.29, 0.717) is 18.0 Å². The Morgan fingerprint density at radius 1 is 1.42 bits per heavy atom. The molecule has 19 heavy (non-hydrogen) atoms. The third kappa shape index (κ3) is 3.35. The molecule has 0 saturated heterocycles. The second kappa shape index (κ2) is 6.38. The molecule has 0 unspecified atom stereocenters. The number of methoxy groups -OCH3 is 1. The van der Waals surface area contributed by atoms with Crippen LogP contribution < -0.4 is 15.8 Å². The zero-order chi connectivity index (χ0) is 14.5. The topological polar surface area (TPSA) is 90.4 Å². The van der Waals surface area contributed by atoms with Gasteiger partial charge >= 0.3 is 0 Å². The summed E-state index contributed by atoms with van der Waals surface area (Å²) in [5, 5.41) is 14.3. The van der Waals surface area contributed by atoms with Gasteiger partial charge in [0.2, 0.25) is 0 Å². The normalized spacial score (nSPS) is 11.2. The van der Waals surface area contributed by atoms with Crippen LogP contribution in [-0.2, 0) is 0 Å².